The van der Waals surface area contributed by atoms with Crippen LogP contribution in [0.3, 0.4) is 0 Å². The fourth-order valence-electron chi connectivity index (χ4n) is 5.89. The lowest BCUT2D eigenvalue weighted by molar-refractivity contribution is -0.129. The number of phenols is 1. The van der Waals surface area contributed by atoms with Crippen molar-refractivity contribution in [3.63, 3.8) is 0 Å². The lowest BCUT2D eigenvalue weighted by atomic mass is 9.89. The number of Topliss-reactive ketones (excluding diaryl/α,β-unsaturated/α-hetero) is 1. The van der Waals surface area contributed by atoms with Gasteiger partial charge in [0.15, 0.2) is 17.6 Å². The molecule has 3 aromatic rings. The molecule has 16 heteroatoms. The SMILES string of the molecule is Cc1cc(O)cc(C)c1C[C@H](NC(=O)C(CCN=C(N)N)NC(=O)OC(C)(C)C)C(=O)C[C@@H](CCCNC(=O)OC(C)(C)C)c1nc(Cc2ccccc2)no1. The molecule has 0 saturated carbocycles. The van der Waals surface area contributed by atoms with Gasteiger partial charge in [-0.3, -0.25) is 14.6 Å². The number of aryl methyl sites for hydroxylation is 2. The molecule has 306 valence electrons. The first-order chi connectivity index (χ1) is 26.2. The molecule has 3 rings (SSSR count). The van der Waals surface area contributed by atoms with Gasteiger partial charge in [0.1, 0.15) is 23.0 Å². The number of aliphatic imine (C=N–C) groups is 1. The number of amides is 3. The molecular weight excluding hydrogens is 720 g/mol. The van der Waals surface area contributed by atoms with Crippen LogP contribution in [0.2, 0.25) is 0 Å². The number of nitrogens with one attached hydrogen (secondary N) is 3. The minimum atomic E-state index is -1.17. The van der Waals surface area contributed by atoms with E-state index in [1.54, 1.807) is 67.5 Å². The smallest absolute Gasteiger partial charge is 0.408 e. The Hall–Kier alpha value is -5.67. The van der Waals surface area contributed by atoms with Gasteiger partial charge in [-0.25, -0.2) is 9.59 Å². The number of benzene rings is 2. The molecule has 0 fully saturated rings. The first kappa shape index (κ1) is 44.7. The highest BCUT2D eigenvalue weighted by molar-refractivity contribution is 5.92. The number of guanidine groups is 1. The zero-order chi connectivity index (χ0) is 41.6. The number of ketones is 1. The number of phenolic OH excluding ortho intramolecular Hbond substituents is 1. The fraction of sp³-hybridized carbons (Fsp3) is 0.525. The quantitative estimate of drug-likeness (QED) is 0.0589. The van der Waals surface area contributed by atoms with Gasteiger partial charge in [-0.2, -0.15) is 4.98 Å². The molecule has 16 nitrogen and oxygen atoms in total. The summed E-state index contributed by atoms with van der Waals surface area (Å²) in [7, 11) is 0. The lowest BCUT2D eigenvalue weighted by Gasteiger charge is -2.26. The van der Waals surface area contributed by atoms with Crippen LogP contribution in [0.4, 0.5) is 9.59 Å². The monoisotopic (exact) mass is 778 g/mol. The number of alkyl carbamates (subject to hydrolysis) is 2. The van der Waals surface area contributed by atoms with E-state index >= 15 is 0 Å². The van der Waals surface area contributed by atoms with Crippen molar-refractivity contribution in [3.05, 3.63) is 76.4 Å². The van der Waals surface area contributed by atoms with Crippen LogP contribution in [0.5, 0.6) is 5.75 Å². The number of hydrogen-bond donors (Lipinski definition) is 6. The Balaban J connectivity index is 1.94. The Morgan fingerprint density at radius 2 is 1.52 bits per heavy atom. The molecule has 0 spiro atoms. The number of carbonyl (C=O) groups excluding carboxylic acids is 4. The summed E-state index contributed by atoms with van der Waals surface area (Å²) < 4.78 is 16.5. The van der Waals surface area contributed by atoms with Crippen molar-refractivity contribution in [2.24, 2.45) is 16.5 Å². The highest BCUT2D eigenvalue weighted by Crippen LogP contribution is 2.27. The van der Waals surface area contributed by atoms with E-state index in [-0.39, 0.29) is 55.7 Å². The van der Waals surface area contributed by atoms with Gasteiger partial charge in [-0.1, -0.05) is 35.5 Å². The normalized spacial score (nSPS) is 13.1. The molecule has 2 aromatic carbocycles. The predicted molar refractivity (Wildman–Crippen MR) is 211 cm³/mol. The molecule has 0 aliphatic rings. The predicted octanol–water partition coefficient (Wildman–Crippen LogP) is 4.61. The zero-order valence-corrected chi connectivity index (χ0v) is 33.7. The summed E-state index contributed by atoms with van der Waals surface area (Å²) >= 11 is 0. The van der Waals surface area contributed by atoms with Crippen LogP contribution >= 0.6 is 0 Å². The number of nitrogens with two attached hydrogens (primary N) is 2. The Bertz CT molecular complexity index is 1790. The molecule has 1 heterocycles. The maximum atomic E-state index is 14.5. The third-order valence-electron chi connectivity index (χ3n) is 8.40. The lowest BCUT2D eigenvalue weighted by Crippen LogP contribution is -2.53. The second-order valence-corrected chi connectivity index (χ2v) is 15.8. The van der Waals surface area contributed by atoms with Crippen LogP contribution in [0.15, 0.2) is 52.0 Å². The Morgan fingerprint density at radius 3 is 2.12 bits per heavy atom. The maximum Gasteiger partial charge on any atom is 0.408 e. The van der Waals surface area contributed by atoms with Gasteiger partial charge < -0.3 is 46.5 Å². The second kappa shape index (κ2) is 20.3. The Kier molecular flexibility index (Phi) is 16.2. The summed E-state index contributed by atoms with van der Waals surface area (Å²) in [5, 5.41) is 22.6. The summed E-state index contributed by atoms with van der Waals surface area (Å²) in [4.78, 5) is 62.2. The van der Waals surface area contributed by atoms with Crippen LogP contribution in [0.25, 0.3) is 0 Å². The van der Waals surface area contributed by atoms with Gasteiger partial charge in [0, 0.05) is 38.3 Å². The van der Waals surface area contributed by atoms with Crippen molar-refractivity contribution in [1.82, 2.24) is 26.1 Å². The first-order valence-corrected chi connectivity index (χ1v) is 18.7. The standard InChI is InChI=1S/C40H58N8O8/c1-24-19-28(49)20-25(2)29(24)23-31(45-34(51)30(16-18-43-36(41)42)46-38(53)55-40(6,7)8)32(50)22-27(15-12-17-44-37(52)54-39(3,4)5)35-47-33(48-56-35)21-26-13-10-9-11-14-26/h9-11,13-14,19-20,27,30-31,49H,12,15-18,21-23H2,1-8H3,(H,44,52)(H,45,51)(H,46,53)(H4,41,42,43)/t27-,30?,31+/m1/s1. The van der Waals surface area contributed by atoms with Crippen LogP contribution in [-0.2, 0) is 31.9 Å². The molecule has 3 amide bonds. The van der Waals surface area contributed by atoms with Crippen molar-refractivity contribution in [3.8, 4) is 5.75 Å². The first-order valence-electron chi connectivity index (χ1n) is 18.7. The molecular formula is C40H58N8O8. The molecule has 1 unspecified atom stereocenters. The van der Waals surface area contributed by atoms with Crippen molar-refractivity contribution in [1.29, 1.82) is 0 Å². The van der Waals surface area contributed by atoms with E-state index in [2.05, 4.69) is 31.1 Å². The molecule has 0 saturated heterocycles. The molecule has 0 radical (unpaired) electrons. The largest absolute Gasteiger partial charge is 0.508 e. The van der Waals surface area contributed by atoms with E-state index in [9.17, 15) is 24.3 Å². The van der Waals surface area contributed by atoms with E-state index < -0.39 is 47.3 Å². The summed E-state index contributed by atoms with van der Waals surface area (Å²) in [6, 6.07) is 10.5. The molecule has 3 atom stereocenters. The van der Waals surface area contributed by atoms with Crippen molar-refractivity contribution in [2.75, 3.05) is 13.1 Å². The van der Waals surface area contributed by atoms with Crippen LogP contribution < -0.4 is 27.4 Å². The van der Waals surface area contributed by atoms with Crippen molar-refractivity contribution < 1.29 is 38.3 Å². The minimum Gasteiger partial charge on any atom is -0.508 e. The number of aromatic hydroxyl groups is 1. The molecule has 8 N–H and O–H groups in total. The van der Waals surface area contributed by atoms with Gasteiger partial charge in [0.05, 0.1) is 6.04 Å². The number of ether oxygens (including phenoxy) is 2. The molecule has 56 heavy (non-hydrogen) atoms. The Labute approximate surface area is 328 Å². The van der Waals surface area contributed by atoms with Crippen LogP contribution in [0, 0.1) is 13.8 Å². The second-order valence-electron chi connectivity index (χ2n) is 15.8. The van der Waals surface area contributed by atoms with E-state index in [4.69, 9.17) is 25.5 Å². The average Bonchev–Trinajstić information content (AvgIpc) is 3.53. The number of nitrogens with zero attached hydrogens (tertiary/aromatic N) is 3. The van der Waals surface area contributed by atoms with Crippen molar-refractivity contribution >= 4 is 29.8 Å². The Morgan fingerprint density at radius 1 is 0.893 bits per heavy atom. The number of aromatic nitrogens is 2. The van der Waals surface area contributed by atoms with E-state index in [0.29, 0.717) is 25.1 Å². The summed E-state index contributed by atoms with van der Waals surface area (Å²) in [5.41, 5.74) is 12.7. The average molecular weight is 779 g/mol. The topological polar surface area (TPSA) is 246 Å². The molecule has 1 aromatic heterocycles. The van der Waals surface area contributed by atoms with Gasteiger partial charge in [-0.15, -0.1) is 0 Å². The third-order valence-corrected chi connectivity index (χ3v) is 8.40. The van der Waals surface area contributed by atoms with Gasteiger partial charge in [0.25, 0.3) is 0 Å². The fourth-order valence-corrected chi connectivity index (χ4v) is 5.89. The van der Waals surface area contributed by atoms with Crippen LogP contribution in [0.1, 0.15) is 107 Å². The molecule has 0 aliphatic heterocycles. The highest BCUT2D eigenvalue weighted by Gasteiger charge is 2.32. The third kappa shape index (κ3) is 16.0. The summed E-state index contributed by atoms with van der Waals surface area (Å²) in [6.07, 6.45) is -0.218. The number of carbonyl (C=O) groups is 4. The summed E-state index contributed by atoms with van der Waals surface area (Å²) in [6.45, 7) is 14.3. The summed E-state index contributed by atoms with van der Waals surface area (Å²) in [5.74, 6) is -1.03. The number of rotatable bonds is 18. The molecule has 0 aliphatic carbocycles. The van der Waals surface area contributed by atoms with E-state index in [0.717, 1.165) is 22.3 Å². The van der Waals surface area contributed by atoms with Crippen LogP contribution in [-0.4, -0.2) is 81.5 Å². The van der Waals surface area contributed by atoms with Crippen molar-refractivity contribution in [2.45, 2.75) is 123 Å². The van der Waals surface area contributed by atoms with E-state index in [1.165, 1.54) is 0 Å². The minimum absolute atomic E-state index is 0.000596. The van der Waals surface area contributed by atoms with E-state index in [1.807, 2.05) is 30.3 Å². The number of hydrogen-bond acceptors (Lipinski definition) is 11. The highest BCUT2D eigenvalue weighted by atomic mass is 16.6. The zero-order valence-electron chi connectivity index (χ0n) is 33.7. The molecule has 0 bridgehead atoms. The van der Waals surface area contributed by atoms with Gasteiger partial charge in [-0.05, 0) is 109 Å². The maximum absolute atomic E-state index is 14.5. The van der Waals surface area contributed by atoms with Gasteiger partial charge in [0.2, 0.25) is 11.8 Å². The van der Waals surface area contributed by atoms with Gasteiger partial charge >= 0.3 is 12.2 Å².